The van der Waals surface area contributed by atoms with E-state index in [4.69, 9.17) is 10.1 Å². The summed E-state index contributed by atoms with van der Waals surface area (Å²) in [6.45, 7) is 4.42. The summed E-state index contributed by atoms with van der Waals surface area (Å²) in [5.41, 5.74) is 0. The van der Waals surface area contributed by atoms with Gasteiger partial charge in [0.15, 0.2) is 0 Å². The summed E-state index contributed by atoms with van der Waals surface area (Å²) >= 11 is 0. The molecule has 0 saturated carbocycles. The third-order valence-electron chi connectivity index (χ3n) is 2.66. The molecule has 1 saturated heterocycles. The van der Waals surface area contributed by atoms with E-state index in [1.54, 1.807) is 0 Å². The Kier molecular flexibility index (Phi) is 5.65. The normalized spacial score (nSPS) is 17.5. The van der Waals surface area contributed by atoms with Crippen LogP contribution in [0, 0.1) is 5.41 Å². The molecule has 0 unspecified atom stereocenters. The van der Waals surface area contributed by atoms with E-state index < -0.39 is 0 Å². The molecule has 4 nitrogen and oxygen atoms in total. The summed E-state index contributed by atoms with van der Waals surface area (Å²) in [5.74, 6) is 0.789. The summed E-state index contributed by atoms with van der Waals surface area (Å²) in [6, 6.07) is 0. The van der Waals surface area contributed by atoms with Gasteiger partial charge in [0.2, 0.25) is 0 Å². The van der Waals surface area contributed by atoms with E-state index in [1.165, 1.54) is 12.8 Å². The molecule has 0 aliphatic carbocycles. The Balaban J connectivity index is 2.01. The van der Waals surface area contributed by atoms with Crippen molar-refractivity contribution in [1.82, 2.24) is 9.80 Å². The molecule has 4 heteroatoms. The molecule has 0 atom stereocenters. The molecule has 1 heterocycles. The predicted octanol–water partition coefficient (Wildman–Crippen LogP) is 1.03. The van der Waals surface area contributed by atoms with Crippen molar-refractivity contribution in [2.45, 2.75) is 19.3 Å². The number of nitrogens with zero attached hydrogens (tertiary/aromatic N) is 2. The van der Waals surface area contributed by atoms with E-state index in [1.807, 2.05) is 14.1 Å². The second kappa shape index (κ2) is 6.80. The molecule has 15 heavy (non-hydrogen) atoms. The van der Waals surface area contributed by atoms with Crippen LogP contribution in [0.4, 0.5) is 0 Å². The minimum atomic E-state index is 0.746. The lowest BCUT2D eigenvalue weighted by atomic mass is 10.1. The van der Waals surface area contributed by atoms with Crippen LogP contribution in [0.15, 0.2) is 0 Å². The number of hydrogen-bond donors (Lipinski definition) is 1. The quantitative estimate of drug-likeness (QED) is 0.670. The number of likely N-dealkylation sites (N-methyl/N-ethyl adjacent to an activating group) is 1. The largest absolute Gasteiger partial charge is 0.378 e. The third kappa shape index (κ3) is 5.14. The van der Waals surface area contributed by atoms with Crippen LogP contribution < -0.4 is 0 Å². The number of amidine groups is 1. The summed E-state index contributed by atoms with van der Waals surface area (Å²) < 4.78 is 5.52. The zero-order valence-corrected chi connectivity index (χ0v) is 9.96. The molecular formula is C11H23N3O. The molecule has 0 aromatic heterocycles. The van der Waals surface area contributed by atoms with Crippen molar-refractivity contribution < 1.29 is 4.74 Å². The van der Waals surface area contributed by atoms with Crippen LogP contribution in [-0.2, 0) is 4.74 Å². The number of ether oxygens (including phenoxy) is 1. The van der Waals surface area contributed by atoms with E-state index in [0.29, 0.717) is 0 Å². The standard InChI is InChI=1S/C11H23N3O/c1-13(2)7-9-15-10-8-14-6-4-3-5-11(14)12/h12H,3-10H2,1-2H3. The Morgan fingerprint density at radius 1 is 1.33 bits per heavy atom. The van der Waals surface area contributed by atoms with Crippen LogP contribution >= 0.6 is 0 Å². The third-order valence-corrected chi connectivity index (χ3v) is 2.66. The minimum absolute atomic E-state index is 0.746. The first kappa shape index (κ1) is 12.5. The second-order valence-electron chi connectivity index (χ2n) is 4.31. The second-order valence-corrected chi connectivity index (χ2v) is 4.31. The average Bonchev–Trinajstić information content (AvgIpc) is 2.20. The van der Waals surface area contributed by atoms with Gasteiger partial charge in [0.1, 0.15) is 0 Å². The van der Waals surface area contributed by atoms with Gasteiger partial charge in [0, 0.05) is 26.1 Å². The van der Waals surface area contributed by atoms with Crippen LogP contribution in [0.25, 0.3) is 0 Å². The van der Waals surface area contributed by atoms with Crippen LogP contribution in [0.2, 0.25) is 0 Å². The van der Waals surface area contributed by atoms with Crippen molar-refractivity contribution in [3.63, 3.8) is 0 Å². The van der Waals surface area contributed by atoms with Gasteiger partial charge in [-0.3, -0.25) is 5.41 Å². The van der Waals surface area contributed by atoms with Crippen LogP contribution in [0.1, 0.15) is 19.3 Å². The van der Waals surface area contributed by atoms with Crippen molar-refractivity contribution in [1.29, 1.82) is 5.41 Å². The van der Waals surface area contributed by atoms with Gasteiger partial charge in [-0.1, -0.05) is 0 Å². The molecule has 1 aliphatic rings. The molecule has 0 radical (unpaired) electrons. The van der Waals surface area contributed by atoms with Gasteiger partial charge in [-0.05, 0) is 26.9 Å². The zero-order valence-electron chi connectivity index (χ0n) is 9.96. The molecule has 0 aromatic rings. The smallest absolute Gasteiger partial charge is 0.0958 e. The Morgan fingerprint density at radius 3 is 2.80 bits per heavy atom. The lowest BCUT2D eigenvalue weighted by molar-refractivity contribution is 0.104. The molecule has 0 spiro atoms. The monoisotopic (exact) mass is 213 g/mol. The van der Waals surface area contributed by atoms with E-state index in [-0.39, 0.29) is 0 Å². The Hall–Kier alpha value is -0.610. The van der Waals surface area contributed by atoms with Crippen molar-refractivity contribution in [2.75, 3.05) is 46.9 Å². The highest BCUT2D eigenvalue weighted by Gasteiger charge is 2.13. The van der Waals surface area contributed by atoms with E-state index in [9.17, 15) is 0 Å². The first-order chi connectivity index (χ1) is 7.20. The molecule has 1 aliphatic heterocycles. The number of piperidine rings is 1. The number of hydrogen-bond acceptors (Lipinski definition) is 3. The number of nitrogens with one attached hydrogen (secondary N) is 1. The lowest BCUT2D eigenvalue weighted by Crippen LogP contribution is -2.37. The summed E-state index contributed by atoms with van der Waals surface area (Å²) in [6.07, 6.45) is 3.34. The van der Waals surface area contributed by atoms with E-state index in [0.717, 1.165) is 45.1 Å². The van der Waals surface area contributed by atoms with Gasteiger partial charge < -0.3 is 14.5 Å². The molecular weight excluding hydrogens is 190 g/mol. The topological polar surface area (TPSA) is 39.6 Å². The molecule has 88 valence electrons. The fourth-order valence-corrected chi connectivity index (χ4v) is 1.66. The molecule has 0 amide bonds. The van der Waals surface area contributed by atoms with Gasteiger partial charge in [-0.15, -0.1) is 0 Å². The van der Waals surface area contributed by atoms with Gasteiger partial charge in [0.05, 0.1) is 19.0 Å². The Morgan fingerprint density at radius 2 is 2.13 bits per heavy atom. The molecule has 0 aromatic carbocycles. The van der Waals surface area contributed by atoms with Gasteiger partial charge in [-0.2, -0.15) is 0 Å². The highest BCUT2D eigenvalue weighted by molar-refractivity contribution is 5.79. The highest BCUT2D eigenvalue weighted by atomic mass is 16.5. The van der Waals surface area contributed by atoms with Gasteiger partial charge in [-0.25, -0.2) is 0 Å². The number of rotatable bonds is 6. The lowest BCUT2D eigenvalue weighted by Gasteiger charge is -2.29. The molecule has 0 bridgehead atoms. The maximum atomic E-state index is 7.76. The predicted molar refractivity (Wildman–Crippen MR) is 62.5 cm³/mol. The fourth-order valence-electron chi connectivity index (χ4n) is 1.66. The fraction of sp³-hybridized carbons (Fsp3) is 0.909. The average molecular weight is 213 g/mol. The highest BCUT2D eigenvalue weighted by Crippen LogP contribution is 2.09. The Labute approximate surface area is 92.7 Å². The maximum Gasteiger partial charge on any atom is 0.0958 e. The first-order valence-corrected chi connectivity index (χ1v) is 5.75. The zero-order chi connectivity index (χ0) is 11.1. The summed E-state index contributed by atoms with van der Waals surface area (Å²) in [7, 11) is 4.09. The Bertz CT molecular complexity index is 194. The number of likely N-dealkylation sites (tertiary alicyclic amines) is 1. The molecule has 1 rings (SSSR count). The maximum absolute atomic E-state index is 7.76. The van der Waals surface area contributed by atoms with Gasteiger partial charge >= 0.3 is 0 Å². The van der Waals surface area contributed by atoms with Crippen molar-refractivity contribution in [2.24, 2.45) is 0 Å². The summed E-state index contributed by atoms with van der Waals surface area (Å²) in [4.78, 5) is 4.25. The van der Waals surface area contributed by atoms with Crippen molar-refractivity contribution in [3.05, 3.63) is 0 Å². The molecule has 1 fully saturated rings. The molecule has 1 N–H and O–H groups in total. The van der Waals surface area contributed by atoms with Crippen LogP contribution in [0.5, 0.6) is 0 Å². The van der Waals surface area contributed by atoms with Gasteiger partial charge in [0.25, 0.3) is 0 Å². The van der Waals surface area contributed by atoms with Crippen molar-refractivity contribution in [3.8, 4) is 0 Å². The van der Waals surface area contributed by atoms with Crippen LogP contribution in [-0.4, -0.2) is 62.6 Å². The first-order valence-electron chi connectivity index (χ1n) is 5.75. The van der Waals surface area contributed by atoms with E-state index in [2.05, 4.69) is 9.80 Å². The van der Waals surface area contributed by atoms with Crippen molar-refractivity contribution >= 4 is 5.84 Å². The van der Waals surface area contributed by atoms with Crippen LogP contribution in [0.3, 0.4) is 0 Å². The minimum Gasteiger partial charge on any atom is -0.378 e. The van der Waals surface area contributed by atoms with E-state index >= 15 is 0 Å². The summed E-state index contributed by atoms with van der Waals surface area (Å²) in [5, 5.41) is 7.76. The SMILES string of the molecule is CN(C)CCOCCN1CCCCC1=N.